The summed E-state index contributed by atoms with van der Waals surface area (Å²) >= 11 is 0.561. The van der Waals surface area contributed by atoms with Crippen LogP contribution in [0.15, 0.2) is 41.6 Å². The number of nitrogens with zero attached hydrogens (tertiary/aromatic N) is 2. The van der Waals surface area contributed by atoms with Gasteiger partial charge in [0, 0.05) is 36.1 Å². The van der Waals surface area contributed by atoms with E-state index in [9.17, 15) is 8.78 Å². The molecule has 3 nitrogen and oxygen atoms in total. The van der Waals surface area contributed by atoms with Crippen molar-refractivity contribution in [3.8, 4) is 0 Å². The summed E-state index contributed by atoms with van der Waals surface area (Å²) in [5, 5.41) is 3.18. The summed E-state index contributed by atoms with van der Waals surface area (Å²) in [6, 6.07) is 7.10. The molecule has 0 atom stereocenters. The molecule has 19 heavy (non-hydrogen) atoms. The molecule has 2 rings (SSSR count). The zero-order valence-corrected chi connectivity index (χ0v) is 11.3. The van der Waals surface area contributed by atoms with Gasteiger partial charge in [-0.1, -0.05) is 23.9 Å². The van der Waals surface area contributed by atoms with Crippen LogP contribution in [0.3, 0.4) is 0 Å². The summed E-state index contributed by atoms with van der Waals surface area (Å²) < 4.78 is 26.9. The van der Waals surface area contributed by atoms with Crippen LogP contribution in [-0.4, -0.2) is 21.9 Å². The topological polar surface area (TPSA) is 29.9 Å². The third-order valence-electron chi connectivity index (χ3n) is 2.69. The molecule has 0 unspecified atom stereocenters. The first kappa shape index (κ1) is 13.9. The number of hydrogen-bond acceptors (Lipinski definition) is 3. The molecule has 0 spiro atoms. The number of alkyl halides is 2. The first-order valence-corrected chi connectivity index (χ1v) is 6.80. The van der Waals surface area contributed by atoms with Crippen LogP contribution in [0.2, 0.25) is 0 Å². The lowest BCUT2D eigenvalue weighted by Gasteiger charge is -2.12. The average Bonchev–Trinajstić information content (AvgIpc) is 2.77. The van der Waals surface area contributed by atoms with Gasteiger partial charge in [0.1, 0.15) is 5.82 Å². The van der Waals surface area contributed by atoms with E-state index in [1.807, 2.05) is 29.8 Å². The molecule has 102 valence electrons. The Hall–Kier alpha value is -1.56. The lowest BCUT2D eigenvalue weighted by molar-refractivity contribution is 0.252. The number of benzene rings is 1. The number of rotatable bonds is 6. The first-order chi connectivity index (χ1) is 9.16. The third-order valence-corrected chi connectivity index (χ3v) is 3.48. The second kappa shape index (κ2) is 6.56. The lowest BCUT2D eigenvalue weighted by atomic mass is 10.3. The van der Waals surface area contributed by atoms with E-state index in [1.165, 1.54) is 0 Å². The monoisotopic (exact) mass is 283 g/mol. The molecule has 0 aliphatic rings. The van der Waals surface area contributed by atoms with Crippen molar-refractivity contribution in [2.45, 2.75) is 24.1 Å². The zero-order chi connectivity index (χ0) is 13.7. The quantitative estimate of drug-likeness (QED) is 0.821. The van der Waals surface area contributed by atoms with Crippen LogP contribution in [0.25, 0.3) is 0 Å². The van der Waals surface area contributed by atoms with Gasteiger partial charge in [-0.15, -0.1) is 0 Å². The molecule has 0 bridgehead atoms. The van der Waals surface area contributed by atoms with Crippen LogP contribution in [0, 0.1) is 6.92 Å². The molecular weight excluding hydrogens is 268 g/mol. The summed E-state index contributed by atoms with van der Waals surface area (Å²) in [6.07, 6.45) is 3.65. The molecule has 0 aliphatic carbocycles. The molecular formula is C13H15F2N3S. The highest BCUT2D eigenvalue weighted by molar-refractivity contribution is 7.99. The molecule has 2 aromatic rings. The molecule has 1 N–H and O–H groups in total. The van der Waals surface area contributed by atoms with E-state index in [-0.39, 0.29) is 0 Å². The maximum absolute atomic E-state index is 12.4. The van der Waals surface area contributed by atoms with E-state index in [0.29, 0.717) is 23.2 Å². The van der Waals surface area contributed by atoms with Crippen molar-refractivity contribution < 1.29 is 8.78 Å². The fourth-order valence-electron chi connectivity index (χ4n) is 1.76. The minimum atomic E-state index is -2.40. The fraction of sp³-hybridized carbons (Fsp3) is 0.308. The van der Waals surface area contributed by atoms with Gasteiger partial charge in [-0.25, -0.2) is 4.98 Å². The number of aromatic nitrogens is 2. The minimum absolute atomic E-state index is 0.561. The van der Waals surface area contributed by atoms with Gasteiger partial charge >= 0.3 is 0 Å². The van der Waals surface area contributed by atoms with Crippen molar-refractivity contribution >= 4 is 17.4 Å². The Morgan fingerprint density at radius 3 is 2.84 bits per heavy atom. The Labute approximate surface area is 115 Å². The van der Waals surface area contributed by atoms with Gasteiger partial charge in [0.15, 0.2) is 0 Å². The standard InChI is InChI=1S/C13H15F2N3S/c1-10-16-6-8-18(10)9-7-17-11-4-2-3-5-12(11)19-13(14)15/h2-6,8,13,17H,7,9H2,1H3. The van der Waals surface area contributed by atoms with E-state index in [4.69, 9.17) is 0 Å². The van der Waals surface area contributed by atoms with Crippen molar-refractivity contribution in [2.75, 3.05) is 11.9 Å². The summed E-state index contributed by atoms with van der Waals surface area (Å²) in [6.45, 7) is 3.35. The van der Waals surface area contributed by atoms with Crippen molar-refractivity contribution in [1.29, 1.82) is 0 Å². The Morgan fingerprint density at radius 2 is 2.16 bits per heavy atom. The summed E-state index contributed by atoms with van der Waals surface area (Å²) in [4.78, 5) is 4.70. The van der Waals surface area contributed by atoms with Gasteiger partial charge in [-0.05, 0) is 19.1 Å². The average molecular weight is 283 g/mol. The summed E-state index contributed by atoms with van der Waals surface area (Å²) in [7, 11) is 0. The zero-order valence-electron chi connectivity index (χ0n) is 10.5. The molecule has 1 aromatic carbocycles. The summed E-state index contributed by atoms with van der Waals surface area (Å²) in [5.41, 5.74) is 0.741. The largest absolute Gasteiger partial charge is 0.382 e. The van der Waals surface area contributed by atoms with Crippen molar-refractivity contribution in [3.05, 3.63) is 42.5 Å². The van der Waals surface area contributed by atoms with Crippen LogP contribution in [-0.2, 0) is 6.54 Å². The maximum Gasteiger partial charge on any atom is 0.288 e. The van der Waals surface area contributed by atoms with Crippen LogP contribution in [0.4, 0.5) is 14.5 Å². The Balaban J connectivity index is 1.94. The van der Waals surface area contributed by atoms with E-state index in [1.54, 1.807) is 18.3 Å². The van der Waals surface area contributed by atoms with Crippen LogP contribution in [0.5, 0.6) is 0 Å². The lowest BCUT2D eigenvalue weighted by Crippen LogP contribution is -2.11. The highest BCUT2D eigenvalue weighted by Gasteiger charge is 2.09. The van der Waals surface area contributed by atoms with Crippen LogP contribution < -0.4 is 5.32 Å². The minimum Gasteiger partial charge on any atom is -0.382 e. The molecule has 1 heterocycles. The predicted octanol–water partition coefficient (Wildman–Crippen LogP) is 3.62. The third kappa shape index (κ3) is 3.96. The second-order valence-corrected chi connectivity index (χ2v) is 5.00. The number of anilines is 1. The van der Waals surface area contributed by atoms with Gasteiger partial charge in [0.05, 0.1) is 0 Å². The van der Waals surface area contributed by atoms with E-state index in [0.717, 1.165) is 18.1 Å². The number of halogens is 2. The second-order valence-electron chi connectivity index (χ2n) is 3.97. The number of thioether (sulfide) groups is 1. The molecule has 6 heteroatoms. The molecule has 0 fully saturated rings. The van der Waals surface area contributed by atoms with Gasteiger partial charge < -0.3 is 9.88 Å². The van der Waals surface area contributed by atoms with Gasteiger partial charge in [-0.3, -0.25) is 0 Å². The number of aryl methyl sites for hydroxylation is 1. The van der Waals surface area contributed by atoms with Crippen molar-refractivity contribution in [3.63, 3.8) is 0 Å². The fourth-order valence-corrected chi connectivity index (χ4v) is 2.38. The smallest absolute Gasteiger partial charge is 0.288 e. The van der Waals surface area contributed by atoms with Crippen molar-refractivity contribution in [2.24, 2.45) is 0 Å². The molecule has 1 aromatic heterocycles. The molecule has 0 saturated carbocycles. The molecule has 0 saturated heterocycles. The molecule has 0 amide bonds. The highest BCUT2D eigenvalue weighted by Crippen LogP contribution is 2.31. The van der Waals surface area contributed by atoms with E-state index < -0.39 is 5.76 Å². The number of nitrogens with one attached hydrogen (secondary N) is 1. The summed E-state index contributed by atoms with van der Waals surface area (Å²) in [5.74, 6) is -1.46. The number of para-hydroxylation sites is 1. The Bertz CT molecular complexity index is 528. The maximum atomic E-state index is 12.4. The van der Waals surface area contributed by atoms with Gasteiger partial charge in [0.2, 0.25) is 0 Å². The number of hydrogen-bond donors (Lipinski definition) is 1. The normalized spacial score (nSPS) is 10.9. The van der Waals surface area contributed by atoms with E-state index >= 15 is 0 Å². The molecule has 0 aliphatic heterocycles. The van der Waals surface area contributed by atoms with E-state index in [2.05, 4.69) is 10.3 Å². The van der Waals surface area contributed by atoms with Crippen LogP contribution in [0.1, 0.15) is 5.82 Å². The van der Waals surface area contributed by atoms with Gasteiger partial charge in [0.25, 0.3) is 5.76 Å². The van der Waals surface area contributed by atoms with Crippen molar-refractivity contribution in [1.82, 2.24) is 9.55 Å². The Morgan fingerprint density at radius 1 is 1.37 bits per heavy atom. The Kier molecular flexibility index (Phi) is 4.79. The number of imidazole rings is 1. The SMILES string of the molecule is Cc1nccn1CCNc1ccccc1SC(F)F. The molecule has 0 radical (unpaired) electrons. The van der Waals surface area contributed by atoms with Crippen LogP contribution >= 0.6 is 11.8 Å². The first-order valence-electron chi connectivity index (χ1n) is 5.92. The highest BCUT2D eigenvalue weighted by atomic mass is 32.2. The van der Waals surface area contributed by atoms with Gasteiger partial charge in [-0.2, -0.15) is 8.78 Å². The predicted molar refractivity (Wildman–Crippen MR) is 73.8 cm³/mol.